The number of fused-ring (bicyclic) bond motifs is 3. The fraction of sp³-hybridized carbons (Fsp3) is 0.333. The molecule has 0 radical (unpaired) electrons. The van der Waals surface area contributed by atoms with Gasteiger partial charge in [0.05, 0.1) is 4.47 Å². The van der Waals surface area contributed by atoms with Gasteiger partial charge in [0, 0.05) is 59.8 Å². The molecule has 0 aromatic carbocycles. The van der Waals surface area contributed by atoms with Crippen molar-refractivity contribution < 1.29 is 8.78 Å². The van der Waals surface area contributed by atoms with Gasteiger partial charge in [-0.15, -0.1) is 0 Å². The molecule has 13 heteroatoms. The Labute approximate surface area is 237 Å². The summed E-state index contributed by atoms with van der Waals surface area (Å²) in [6, 6.07) is 3.51. The van der Waals surface area contributed by atoms with Crippen LogP contribution in [-0.4, -0.2) is 41.0 Å². The minimum Gasteiger partial charge on any atom is -0.369 e. The Hall–Kier alpha value is -4.00. The van der Waals surface area contributed by atoms with E-state index in [0.717, 1.165) is 23.9 Å². The monoisotopic (exact) mass is 610 g/mol. The van der Waals surface area contributed by atoms with Crippen LogP contribution in [0, 0.1) is 23.7 Å². The van der Waals surface area contributed by atoms with Crippen molar-refractivity contribution in [3.63, 3.8) is 0 Å². The van der Waals surface area contributed by atoms with Crippen LogP contribution in [0.1, 0.15) is 33.1 Å². The summed E-state index contributed by atoms with van der Waals surface area (Å²) in [5.41, 5.74) is 13.8. The Balaban J connectivity index is 0.000000157. The van der Waals surface area contributed by atoms with E-state index in [2.05, 4.69) is 51.2 Å². The molecule has 5 aromatic heterocycles. The van der Waals surface area contributed by atoms with Crippen molar-refractivity contribution >= 4 is 55.6 Å². The highest BCUT2D eigenvalue weighted by Crippen LogP contribution is 2.36. The van der Waals surface area contributed by atoms with Crippen LogP contribution in [0.2, 0.25) is 0 Å². The minimum atomic E-state index is -0.563. The lowest BCUT2D eigenvalue weighted by Crippen LogP contribution is -2.09. The first-order valence-corrected chi connectivity index (χ1v) is 13.4. The molecule has 2 aliphatic carbocycles. The largest absolute Gasteiger partial charge is 0.369 e. The second-order valence-electron chi connectivity index (χ2n) is 9.80. The third-order valence-corrected chi connectivity index (χ3v) is 7.57. The number of anilines is 3. The SMILES string of the molecule is C.Nc1ncc(-c2ccnc(F)c2Br)c(NCC2CC2)n1.Nc1ncc2c3ccnc(F)c3n(CC3CC3)c2n1. The number of pyridine rings is 2. The fourth-order valence-electron chi connectivity index (χ4n) is 4.44. The van der Waals surface area contributed by atoms with E-state index in [1.807, 2.05) is 4.57 Å². The van der Waals surface area contributed by atoms with Crippen molar-refractivity contribution in [3.05, 3.63) is 53.3 Å². The van der Waals surface area contributed by atoms with E-state index < -0.39 is 11.9 Å². The number of nitrogens with zero attached hydrogens (tertiary/aromatic N) is 7. The lowest BCUT2D eigenvalue weighted by molar-refractivity contribution is 0.576. The summed E-state index contributed by atoms with van der Waals surface area (Å²) in [5, 5.41) is 4.89. The maximum absolute atomic E-state index is 14.0. The van der Waals surface area contributed by atoms with Gasteiger partial charge in [-0.25, -0.2) is 19.9 Å². The van der Waals surface area contributed by atoms with E-state index in [1.165, 1.54) is 38.1 Å². The number of nitrogens with two attached hydrogens (primary N) is 2. The number of nitrogens with one attached hydrogen (secondary N) is 1. The van der Waals surface area contributed by atoms with Gasteiger partial charge in [0.15, 0.2) is 0 Å². The molecular formula is C27H29BrF2N10. The average Bonchev–Trinajstić information content (AvgIpc) is 3.85. The number of hydrogen-bond acceptors (Lipinski definition) is 9. The molecule has 40 heavy (non-hydrogen) atoms. The van der Waals surface area contributed by atoms with E-state index in [1.54, 1.807) is 24.5 Å². The summed E-state index contributed by atoms with van der Waals surface area (Å²) in [7, 11) is 0. The van der Waals surface area contributed by atoms with Crippen molar-refractivity contribution in [3.8, 4) is 11.1 Å². The van der Waals surface area contributed by atoms with Gasteiger partial charge in [-0.3, -0.25) is 0 Å². The van der Waals surface area contributed by atoms with Gasteiger partial charge >= 0.3 is 0 Å². The molecule has 0 aliphatic heterocycles. The molecule has 5 heterocycles. The number of hydrogen-bond donors (Lipinski definition) is 3. The molecular weight excluding hydrogens is 582 g/mol. The van der Waals surface area contributed by atoms with Gasteiger partial charge in [0.25, 0.3) is 0 Å². The number of halogens is 3. The predicted octanol–water partition coefficient (Wildman–Crippen LogP) is 5.59. The Morgan fingerprint density at radius 3 is 2.27 bits per heavy atom. The second kappa shape index (κ2) is 11.2. The third-order valence-electron chi connectivity index (χ3n) is 6.82. The van der Waals surface area contributed by atoms with E-state index >= 15 is 0 Å². The Kier molecular flexibility index (Phi) is 7.74. The first-order chi connectivity index (χ1) is 18.9. The van der Waals surface area contributed by atoms with Gasteiger partial charge in [0.1, 0.15) is 17.0 Å². The third kappa shape index (κ3) is 5.64. The Morgan fingerprint density at radius 2 is 1.52 bits per heavy atom. The topological polar surface area (TPSA) is 146 Å². The lowest BCUT2D eigenvalue weighted by Gasteiger charge is -2.12. The molecule has 0 spiro atoms. The smallest absolute Gasteiger partial charge is 0.237 e. The highest BCUT2D eigenvalue weighted by molar-refractivity contribution is 9.10. The van der Waals surface area contributed by atoms with Gasteiger partial charge in [0.2, 0.25) is 23.8 Å². The molecule has 2 saturated carbocycles. The summed E-state index contributed by atoms with van der Waals surface area (Å²) < 4.78 is 29.8. The zero-order valence-electron chi connectivity index (χ0n) is 20.8. The maximum atomic E-state index is 14.0. The van der Waals surface area contributed by atoms with E-state index in [-0.39, 0.29) is 19.3 Å². The Morgan fingerprint density at radius 1 is 0.850 bits per heavy atom. The van der Waals surface area contributed by atoms with Crippen LogP contribution in [0.5, 0.6) is 0 Å². The summed E-state index contributed by atoms with van der Waals surface area (Å²) >= 11 is 3.21. The second-order valence-corrected chi connectivity index (χ2v) is 10.6. The van der Waals surface area contributed by atoms with Crippen LogP contribution in [0.3, 0.4) is 0 Å². The molecule has 0 atom stereocenters. The number of aromatic nitrogens is 7. The summed E-state index contributed by atoms with van der Waals surface area (Å²) in [4.78, 5) is 23.8. The van der Waals surface area contributed by atoms with Crippen molar-refractivity contribution in [1.82, 2.24) is 34.5 Å². The zero-order valence-corrected chi connectivity index (χ0v) is 22.4. The summed E-state index contributed by atoms with van der Waals surface area (Å²) in [5.74, 6) is 1.29. The van der Waals surface area contributed by atoms with Crippen LogP contribution in [0.4, 0.5) is 26.5 Å². The van der Waals surface area contributed by atoms with E-state index in [9.17, 15) is 8.78 Å². The summed E-state index contributed by atoms with van der Waals surface area (Å²) in [6.07, 6.45) is 11.0. The molecule has 0 bridgehead atoms. The van der Waals surface area contributed by atoms with Crippen LogP contribution < -0.4 is 16.8 Å². The molecule has 0 saturated heterocycles. The predicted molar refractivity (Wildman–Crippen MR) is 155 cm³/mol. The zero-order chi connectivity index (χ0) is 27.1. The van der Waals surface area contributed by atoms with Gasteiger partial charge < -0.3 is 21.4 Å². The normalized spacial score (nSPS) is 14.5. The molecule has 10 nitrogen and oxygen atoms in total. The van der Waals surface area contributed by atoms with Gasteiger partial charge in [-0.05, 0) is 65.6 Å². The van der Waals surface area contributed by atoms with Crippen LogP contribution >= 0.6 is 15.9 Å². The molecule has 2 aliphatic rings. The average molecular weight is 611 g/mol. The van der Waals surface area contributed by atoms with Crippen molar-refractivity contribution in [1.29, 1.82) is 0 Å². The van der Waals surface area contributed by atoms with Crippen molar-refractivity contribution in [2.24, 2.45) is 11.8 Å². The van der Waals surface area contributed by atoms with Crippen molar-refractivity contribution in [2.45, 2.75) is 39.7 Å². The Bertz CT molecular complexity index is 1680. The fourth-order valence-corrected chi connectivity index (χ4v) is 4.89. The molecule has 2 fully saturated rings. The lowest BCUT2D eigenvalue weighted by atomic mass is 10.1. The van der Waals surface area contributed by atoms with Gasteiger partial charge in [-0.2, -0.15) is 18.7 Å². The van der Waals surface area contributed by atoms with E-state index in [0.29, 0.717) is 44.4 Å². The van der Waals surface area contributed by atoms with Crippen LogP contribution in [0.15, 0.2) is 41.4 Å². The molecule has 0 amide bonds. The minimum absolute atomic E-state index is 0. The highest BCUT2D eigenvalue weighted by Gasteiger charge is 2.26. The highest BCUT2D eigenvalue weighted by atomic mass is 79.9. The first-order valence-electron chi connectivity index (χ1n) is 12.6. The number of nitrogen functional groups attached to an aromatic ring is 2. The number of rotatable bonds is 6. The first kappa shape index (κ1) is 27.6. The van der Waals surface area contributed by atoms with Gasteiger partial charge in [-0.1, -0.05) is 7.43 Å². The molecule has 5 aromatic rings. The molecule has 0 unspecified atom stereocenters. The maximum Gasteiger partial charge on any atom is 0.237 e. The molecule has 208 valence electrons. The molecule has 5 N–H and O–H groups in total. The van der Waals surface area contributed by atoms with E-state index in [4.69, 9.17) is 11.5 Å². The quantitative estimate of drug-likeness (QED) is 0.209. The van der Waals surface area contributed by atoms with Crippen LogP contribution in [0.25, 0.3) is 33.1 Å². The standard InChI is InChI=1S/C13H13BrFN5.C13H12FN5.CH4/c14-10-8(3-4-17-11(10)15)9-6-19-13(16)20-12(9)18-5-7-1-2-7;14-11-10-8(3-4-16-11)9-5-17-13(15)18-12(9)19(10)6-7-1-2-7;/h3-4,6-7H,1-2,5H2,(H3,16,18,19,20);3-5,7H,1-2,6H2,(H2,15,17,18);1H4. The van der Waals surface area contributed by atoms with Crippen molar-refractivity contribution in [2.75, 3.05) is 23.3 Å². The van der Waals surface area contributed by atoms with Crippen LogP contribution in [-0.2, 0) is 6.54 Å². The summed E-state index contributed by atoms with van der Waals surface area (Å²) in [6.45, 7) is 1.60. The molecule has 7 rings (SSSR count).